The second-order valence-corrected chi connectivity index (χ2v) is 4.93. The van der Waals surface area contributed by atoms with Crippen molar-refractivity contribution in [2.45, 2.75) is 31.8 Å². The molecule has 0 saturated heterocycles. The molecule has 1 aromatic heterocycles. The first-order valence-corrected chi connectivity index (χ1v) is 5.97. The summed E-state index contributed by atoms with van der Waals surface area (Å²) in [4.78, 5) is 4.59. The van der Waals surface area contributed by atoms with Crippen molar-refractivity contribution in [3.63, 3.8) is 0 Å². The standard InChI is InChI=1S/C12H14ClN3/c1-7(14)12-15-10-6-8(13)2-5-11(10)16(12)9-3-4-9/h2,5-7,9H,3-4,14H2,1H3/t7-/m0/s1. The Morgan fingerprint density at radius 1 is 1.50 bits per heavy atom. The molecule has 2 N–H and O–H groups in total. The predicted octanol–water partition coefficient (Wildman–Crippen LogP) is 3.04. The van der Waals surface area contributed by atoms with Gasteiger partial charge in [0.1, 0.15) is 5.82 Å². The van der Waals surface area contributed by atoms with Crippen LogP contribution in [-0.2, 0) is 0 Å². The predicted molar refractivity (Wildman–Crippen MR) is 65.6 cm³/mol. The van der Waals surface area contributed by atoms with E-state index in [1.54, 1.807) is 0 Å². The van der Waals surface area contributed by atoms with E-state index in [1.165, 1.54) is 12.8 Å². The van der Waals surface area contributed by atoms with Crippen molar-refractivity contribution in [1.29, 1.82) is 0 Å². The van der Waals surface area contributed by atoms with Crippen LogP contribution in [0.25, 0.3) is 11.0 Å². The van der Waals surface area contributed by atoms with Gasteiger partial charge in [-0.1, -0.05) is 11.6 Å². The monoisotopic (exact) mass is 235 g/mol. The fourth-order valence-electron chi connectivity index (χ4n) is 2.13. The summed E-state index contributed by atoms with van der Waals surface area (Å²) in [5.41, 5.74) is 8.07. The van der Waals surface area contributed by atoms with E-state index in [-0.39, 0.29) is 6.04 Å². The van der Waals surface area contributed by atoms with E-state index in [0.717, 1.165) is 21.9 Å². The second-order valence-electron chi connectivity index (χ2n) is 4.49. The summed E-state index contributed by atoms with van der Waals surface area (Å²) >= 11 is 5.97. The van der Waals surface area contributed by atoms with Crippen molar-refractivity contribution < 1.29 is 0 Å². The number of halogens is 1. The van der Waals surface area contributed by atoms with Crippen LogP contribution in [0.5, 0.6) is 0 Å². The highest BCUT2D eigenvalue weighted by Gasteiger charge is 2.29. The normalized spacial score (nSPS) is 17.9. The number of aromatic nitrogens is 2. The van der Waals surface area contributed by atoms with Crippen molar-refractivity contribution >= 4 is 22.6 Å². The lowest BCUT2D eigenvalue weighted by Gasteiger charge is -2.09. The Morgan fingerprint density at radius 2 is 2.25 bits per heavy atom. The minimum atomic E-state index is -0.0354. The molecule has 1 fully saturated rings. The van der Waals surface area contributed by atoms with Gasteiger partial charge in [-0.3, -0.25) is 0 Å². The second kappa shape index (κ2) is 3.47. The van der Waals surface area contributed by atoms with Crippen LogP contribution in [-0.4, -0.2) is 9.55 Å². The summed E-state index contributed by atoms with van der Waals surface area (Å²) in [5.74, 6) is 0.972. The molecule has 1 heterocycles. The minimum Gasteiger partial charge on any atom is -0.324 e. The van der Waals surface area contributed by atoms with Crippen LogP contribution >= 0.6 is 11.6 Å². The molecule has 0 radical (unpaired) electrons. The van der Waals surface area contributed by atoms with Crippen molar-refractivity contribution in [1.82, 2.24) is 9.55 Å². The summed E-state index contributed by atoms with van der Waals surface area (Å²) in [6.07, 6.45) is 2.46. The maximum Gasteiger partial charge on any atom is 0.126 e. The Kier molecular flexibility index (Phi) is 2.19. The molecular weight excluding hydrogens is 222 g/mol. The summed E-state index contributed by atoms with van der Waals surface area (Å²) in [7, 11) is 0. The van der Waals surface area contributed by atoms with E-state index in [4.69, 9.17) is 17.3 Å². The average molecular weight is 236 g/mol. The summed E-state index contributed by atoms with van der Waals surface area (Å²) in [6.45, 7) is 1.97. The third-order valence-corrected chi connectivity index (χ3v) is 3.23. The first-order valence-electron chi connectivity index (χ1n) is 5.60. The molecule has 1 aromatic carbocycles. The molecule has 0 aliphatic heterocycles. The van der Waals surface area contributed by atoms with Gasteiger partial charge in [0.2, 0.25) is 0 Å². The SMILES string of the molecule is C[C@H](N)c1nc2cc(Cl)ccc2n1C1CC1. The number of fused-ring (bicyclic) bond motifs is 1. The zero-order chi connectivity index (χ0) is 11.3. The third-order valence-electron chi connectivity index (χ3n) is 3.00. The molecule has 0 spiro atoms. The van der Waals surface area contributed by atoms with Crippen molar-refractivity contribution in [2.75, 3.05) is 0 Å². The first-order chi connectivity index (χ1) is 7.66. The topological polar surface area (TPSA) is 43.8 Å². The lowest BCUT2D eigenvalue weighted by Crippen LogP contribution is -2.12. The van der Waals surface area contributed by atoms with Gasteiger partial charge in [0.05, 0.1) is 17.1 Å². The highest BCUT2D eigenvalue weighted by Crippen LogP contribution is 2.39. The Balaban J connectivity index is 2.28. The van der Waals surface area contributed by atoms with Crippen LogP contribution in [0.15, 0.2) is 18.2 Å². The van der Waals surface area contributed by atoms with Crippen LogP contribution in [0.1, 0.15) is 37.7 Å². The molecule has 0 bridgehead atoms. The van der Waals surface area contributed by atoms with Crippen LogP contribution < -0.4 is 5.73 Å². The molecular formula is C12H14ClN3. The smallest absolute Gasteiger partial charge is 0.126 e. The number of imidazole rings is 1. The molecule has 1 atom stereocenters. The minimum absolute atomic E-state index is 0.0354. The van der Waals surface area contributed by atoms with Gasteiger partial charge in [-0.2, -0.15) is 0 Å². The number of hydrogen-bond donors (Lipinski definition) is 1. The van der Waals surface area contributed by atoms with E-state index in [1.807, 2.05) is 25.1 Å². The molecule has 0 amide bonds. The highest BCUT2D eigenvalue weighted by molar-refractivity contribution is 6.31. The Hall–Kier alpha value is -1.06. The molecule has 3 nitrogen and oxygen atoms in total. The number of nitrogens with zero attached hydrogens (tertiary/aromatic N) is 2. The lowest BCUT2D eigenvalue weighted by molar-refractivity contribution is 0.639. The number of rotatable bonds is 2. The first kappa shape index (κ1) is 10.1. The number of hydrogen-bond acceptors (Lipinski definition) is 2. The van der Waals surface area contributed by atoms with Crippen LogP contribution in [0.4, 0.5) is 0 Å². The molecule has 16 heavy (non-hydrogen) atoms. The third kappa shape index (κ3) is 1.51. The Bertz CT molecular complexity index is 540. The molecule has 1 aliphatic rings. The van der Waals surface area contributed by atoms with Gasteiger partial charge in [0.15, 0.2) is 0 Å². The van der Waals surface area contributed by atoms with E-state index in [9.17, 15) is 0 Å². The van der Waals surface area contributed by atoms with Gasteiger partial charge in [-0.05, 0) is 38.0 Å². The van der Waals surface area contributed by atoms with E-state index < -0.39 is 0 Å². The van der Waals surface area contributed by atoms with E-state index in [0.29, 0.717) is 6.04 Å². The molecule has 84 valence electrons. The molecule has 3 rings (SSSR count). The average Bonchev–Trinajstić information content (AvgIpc) is 2.99. The maximum atomic E-state index is 5.97. The fourth-order valence-corrected chi connectivity index (χ4v) is 2.29. The fraction of sp³-hybridized carbons (Fsp3) is 0.417. The highest BCUT2D eigenvalue weighted by atomic mass is 35.5. The van der Waals surface area contributed by atoms with Crippen LogP contribution in [0, 0.1) is 0 Å². The van der Waals surface area contributed by atoms with Gasteiger partial charge in [-0.25, -0.2) is 4.98 Å². The van der Waals surface area contributed by atoms with E-state index >= 15 is 0 Å². The maximum absolute atomic E-state index is 5.97. The van der Waals surface area contributed by atoms with Gasteiger partial charge in [0, 0.05) is 11.1 Å². The van der Waals surface area contributed by atoms with Crippen molar-refractivity contribution in [2.24, 2.45) is 5.73 Å². The zero-order valence-corrected chi connectivity index (χ0v) is 9.91. The summed E-state index contributed by atoms with van der Waals surface area (Å²) < 4.78 is 2.27. The van der Waals surface area contributed by atoms with E-state index in [2.05, 4.69) is 9.55 Å². The van der Waals surface area contributed by atoms with Gasteiger partial charge in [-0.15, -0.1) is 0 Å². The molecule has 2 aromatic rings. The van der Waals surface area contributed by atoms with Gasteiger partial charge < -0.3 is 10.3 Å². The quantitative estimate of drug-likeness (QED) is 0.870. The molecule has 1 aliphatic carbocycles. The molecule has 1 saturated carbocycles. The summed E-state index contributed by atoms with van der Waals surface area (Å²) in [5, 5.41) is 0.726. The Morgan fingerprint density at radius 3 is 2.88 bits per heavy atom. The van der Waals surface area contributed by atoms with Gasteiger partial charge >= 0.3 is 0 Å². The largest absolute Gasteiger partial charge is 0.324 e. The Labute approximate surface area is 99.2 Å². The number of nitrogens with two attached hydrogens (primary N) is 1. The molecule has 0 unspecified atom stereocenters. The summed E-state index contributed by atoms with van der Waals surface area (Å²) in [6, 6.07) is 6.41. The molecule has 4 heteroatoms. The zero-order valence-electron chi connectivity index (χ0n) is 9.15. The number of benzene rings is 1. The lowest BCUT2D eigenvalue weighted by atomic mass is 10.3. The van der Waals surface area contributed by atoms with Crippen LogP contribution in [0.2, 0.25) is 5.02 Å². The van der Waals surface area contributed by atoms with Crippen molar-refractivity contribution in [3.8, 4) is 0 Å². The van der Waals surface area contributed by atoms with Crippen molar-refractivity contribution in [3.05, 3.63) is 29.0 Å². The van der Waals surface area contributed by atoms with Gasteiger partial charge in [0.25, 0.3) is 0 Å². The van der Waals surface area contributed by atoms with Crippen LogP contribution in [0.3, 0.4) is 0 Å².